The van der Waals surface area contributed by atoms with Crippen LogP contribution in [-0.2, 0) is 0 Å². The van der Waals surface area contributed by atoms with Crippen molar-refractivity contribution in [1.29, 1.82) is 0 Å². The highest BCUT2D eigenvalue weighted by molar-refractivity contribution is 4.76. The van der Waals surface area contributed by atoms with Gasteiger partial charge in [0.15, 0.2) is 0 Å². The van der Waals surface area contributed by atoms with Crippen molar-refractivity contribution in [2.45, 2.75) is 39.2 Å². The van der Waals surface area contributed by atoms with Crippen LogP contribution in [-0.4, -0.2) is 11.2 Å². The highest BCUT2D eigenvalue weighted by Crippen LogP contribution is 2.30. The molecule has 54 valence electrons. The molecule has 0 heterocycles. The molecule has 1 aliphatic carbocycles. The van der Waals surface area contributed by atoms with Gasteiger partial charge in [0.1, 0.15) is 0 Å². The molecule has 0 radical (unpaired) electrons. The number of rotatable bonds is 1. The lowest BCUT2D eigenvalue weighted by Gasteiger charge is -2.12. The second-order valence-corrected chi connectivity index (χ2v) is 3.47. The second kappa shape index (κ2) is 2.70. The van der Waals surface area contributed by atoms with E-state index in [0.29, 0.717) is 0 Å². The second-order valence-electron chi connectivity index (χ2n) is 3.47. The normalized spacial score (nSPS) is 36.0. The summed E-state index contributed by atoms with van der Waals surface area (Å²) >= 11 is 0. The molecule has 1 heteroatoms. The number of hydrogen-bond donors (Lipinski definition) is 1. The minimum Gasteiger partial charge on any atom is -0.393 e. The lowest BCUT2D eigenvalue weighted by atomic mass is 9.95. The van der Waals surface area contributed by atoms with Crippen LogP contribution < -0.4 is 0 Å². The Kier molecular flexibility index (Phi) is 2.12. The summed E-state index contributed by atoms with van der Waals surface area (Å²) < 4.78 is 0. The third-order valence-corrected chi connectivity index (χ3v) is 2.39. The predicted octanol–water partition coefficient (Wildman–Crippen LogP) is 1.80. The van der Waals surface area contributed by atoms with Crippen molar-refractivity contribution in [3.63, 3.8) is 0 Å². The fraction of sp³-hybridized carbons (Fsp3) is 1.00. The van der Waals surface area contributed by atoms with Gasteiger partial charge in [0.2, 0.25) is 0 Å². The Bertz CT molecular complexity index is 88.6. The minimum absolute atomic E-state index is 0.0115. The van der Waals surface area contributed by atoms with Crippen molar-refractivity contribution in [2.24, 2.45) is 11.8 Å². The molecule has 1 fully saturated rings. The molecular weight excluding hydrogens is 112 g/mol. The predicted molar refractivity (Wildman–Crippen MR) is 38.2 cm³/mol. The lowest BCUT2D eigenvalue weighted by Crippen LogP contribution is -2.05. The van der Waals surface area contributed by atoms with E-state index in [1.807, 2.05) is 0 Å². The first kappa shape index (κ1) is 7.07. The van der Waals surface area contributed by atoms with E-state index in [2.05, 4.69) is 13.8 Å². The summed E-state index contributed by atoms with van der Waals surface area (Å²) in [6.07, 6.45) is 3.32. The monoisotopic (exact) mass is 128 g/mol. The van der Waals surface area contributed by atoms with Crippen LogP contribution in [0.5, 0.6) is 0 Å². The molecule has 1 rings (SSSR count). The van der Waals surface area contributed by atoms with Gasteiger partial charge in [0.25, 0.3) is 0 Å². The SMILES string of the molecule is CC(C)[C@H]1CC[C@@H](O)C1. The quantitative estimate of drug-likeness (QED) is 0.571. The van der Waals surface area contributed by atoms with Crippen LogP contribution in [0.4, 0.5) is 0 Å². The molecule has 0 aromatic heterocycles. The summed E-state index contributed by atoms with van der Waals surface area (Å²) in [7, 11) is 0. The number of aliphatic hydroxyl groups is 1. The van der Waals surface area contributed by atoms with Crippen LogP contribution in [0.3, 0.4) is 0 Å². The van der Waals surface area contributed by atoms with E-state index >= 15 is 0 Å². The summed E-state index contributed by atoms with van der Waals surface area (Å²) in [6.45, 7) is 4.48. The van der Waals surface area contributed by atoms with Crippen molar-refractivity contribution in [1.82, 2.24) is 0 Å². The average Bonchev–Trinajstić information content (AvgIpc) is 2.14. The molecule has 9 heavy (non-hydrogen) atoms. The molecule has 0 aromatic rings. The Hall–Kier alpha value is -0.0400. The topological polar surface area (TPSA) is 20.2 Å². The van der Waals surface area contributed by atoms with Gasteiger partial charge in [-0.25, -0.2) is 0 Å². The van der Waals surface area contributed by atoms with Gasteiger partial charge in [-0.2, -0.15) is 0 Å². The van der Waals surface area contributed by atoms with Crippen LogP contribution in [0, 0.1) is 11.8 Å². The van der Waals surface area contributed by atoms with Gasteiger partial charge in [-0.05, 0) is 31.1 Å². The van der Waals surface area contributed by atoms with Gasteiger partial charge >= 0.3 is 0 Å². The Morgan fingerprint density at radius 1 is 1.33 bits per heavy atom. The molecule has 1 nitrogen and oxygen atoms in total. The molecule has 1 aliphatic rings. The molecular formula is C8H16O. The van der Waals surface area contributed by atoms with Crippen molar-refractivity contribution < 1.29 is 5.11 Å². The Morgan fingerprint density at radius 3 is 2.22 bits per heavy atom. The Morgan fingerprint density at radius 2 is 2.00 bits per heavy atom. The van der Waals surface area contributed by atoms with Crippen molar-refractivity contribution in [3.8, 4) is 0 Å². The van der Waals surface area contributed by atoms with Gasteiger partial charge in [-0.15, -0.1) is 0 Å². The van der Waals surface area contributed by atoms with Crippen LogP contribution in [0.1, 0.15) is 33.1 Å². The molecule has 1 N–H and O–H groups in total. The number of aliphatic hydroxyl groups excluding tert-OH is 1. The van der Waals surface area contributed by atoms with Crippen LogP contribution in [0.2, 0.25) is 0 Å². The maximum absolute atomic E-state index is 9.15. The third kappa shape index (κ3) is 1.68. The Labute approximate surface area is 57.1 Å². The molecule has 1 saturated carbocycles. The van der Waals surface area contributed by atoms with Crippen molar-refractivity contribution in [2.75, 3.05) is 0 Å². The van der Waals surface area contributed by atoms with E-state index in [9.17, 15) is 0 Å². The van der Waals surface area contributed by atoms with Gasteiger partial charge in [-0.3, -0.25) is 0 Å². The fourth-order valence-electron chi connectivity index (χ4n) is 1.60. The molecule has 0 saturated heterocycles. The first-order valence-corrected chi connectivity index (χ1v) is 3.88. The van der Waals surface area contributed by atoms with Crippen LogP contribution in [0.15, 0.2) is 0 Å². The zero-order valence-electron chi connectivity index (χ0n) is 6.30. The molecule has 0 aromatic carbocycles. The maximum atomic E-state index is 9.15. The minimum atomic E-state index is 0.0115. The van der Waals surface area contributed by atoms with Crippen LogP contribution in [0.25, 0.3) is 0 Å². The highest BCUT2D eigenvalue weighted by Gasteiger charge is 2.24. The van der Waals surface area contributed by atoms with E-state index < -0.39 is 0 Å². The standard InChI is InChI=1S/C8H16O/c1-6(2)7-3-4-8(9)5-7/h6-9H,3-5H2,1-2H3/t7-,8+/m0/s1. The summed E-state index contributed by atoms with van der Waals surface area (Å²) in [5, 5.41) is 9.15. The van der Waals surface area contributed by atoms with Crippen LogP contribution >= 0.6 is 0 Å². The molecule has 2 atom stereocenters. The molecule has 0 aliphatic heterocycles. The lowest BCUT2D eigenvalue weighted by molar-refractivity contribution is 0.173. The zero-order valence-corrected chi connectivity index (χ0v) is 6.30. The Balaban J connectivity index is 2.30. The van der Waals surface area contributed by atoms with Gasteiger partial charge in [0.05, 0.1) is 6.10 Å². The number of hydrogen-bond acceptors (Lipinski definition) is 1. The average molecular weight is 128 g/mol. The van der Waals surface area contributed by atoms with E-state index in [4.69, 9.17) is 5.11 Å². The first-order chi connectivity index (χ1) is 4.20. The smallest absolute Gasteiger partial charge is 0.0543 e. The van der Waals surface area contributed by atoms with E-state index in [0.717, 1.165) is 24.7 Å². The summed E-state index contributed by atoms with van der Waals surface area (Å²) in [5.41, 5.74) is 0. The van der Waals surface area contributed by atoms with Crippen molar-refractivity contribution in [3.05, 3.63) is 0 Å². The first-order valence-electron chi connectivity index (χ1n) is 3.88. The highest BCUT2D eigenvalue weighted by atomic mass is 16.3. The largest absolute Gasteiger partial charge is 0.393 e. The summed E-state index contributed by atoms with van der Waals surface area (Å²) in [6, 6.07) is 0. The maximum Gasteiger partial charge on any atom is 0.0543 e. The molecule has 0 spiro atoms. The third-order valence-electron chi connectivity index (χ3n) is 2.39. The van der Waals surface area contributed by atoms with Gasteiger partial charge in [-0.1, -0.05) is 13.8 Å². The van der Waals surface area contributed by atoms with Gasteiger partial charge in [0, 0.05) is 0 Å². The van der Waals surface area contributed by atoms with E-state index in [-0.39, 0.29) is 6.10 Å². The molecule has 0 bridgehead atoms. The van der Waals surface area contributed by atoms with Gasteiger partial charge < -0.3 is 5.11 Å². The molecule has 0 amide bonds. The summed E-state index contributed by atoms with van der Waals surface area (Å²) in [4.78, 5) is 0. The molecule has 0 unspecified atom stereocenters. The zero-order chi connectivity index (χ0) is 6.85. The van der Waals surface area contributed by atoms with E-state index in [1.165, 1.54) is 6.42 Å². The van der Waals surface area contributed by atoms with Crippen molar-refractivity contribution >= 4 is 0 Å². The van der Waals surface area contributed by atoms with E-state index in [1.54, 1.807) is 0 Å². The fourth-order valence-corrected chi connectivity index (χ4v) is 1.60. The summed E-state index contributed by atoms with van der Waals surface area (Å²) in [5.74, 6) is 1.56.